The molecule has 0 spiro atoms. The van der Waals surface area contributed by atoms with Crippen LogP contribution in [0.2, 0.25) is 0 Å². The summed E-state index contributed by atoms with van der Waals surface area (Å²) >= 11 is 1.57. The number of rotatable bonds is 1. The van der Waals surface area contributed by atoms with E-state index >= 15 is 0 Å². The van der Waals surface area contributed by atoms with E-state index in [-0.39, 0.29) is 5.82 Å². The highest BCUT2D eigenvalue weighted by atomic mass is 32.1. The quantitative estimate of drug-likeness (QED) is 0.694. The molecule has 0 aliphatic carbocycles. The van der Waals surface area contributed by atoms with E-state index in [1.807, 2.05) is 13.0 Å². The minimum Gasteiger partial charge on any atom is -0.238 e. The van der Waals surface area contributed by atoms with Gasteiger partial charge < -0.3 is 0 Å². The van der Waals surface area contributed by atoms with Gasteiger partial charge in [-0.05, 0) is 24.5 Å². The molecule has 3 heteroatoms. The van der Waals surface area contributed by atoms with Crippen LogP contribution in [-0.2, 0) is 0 Å². The van der Waals surface area contributed by atoms with Gasteiger partial charge in [-0.2, -0.15) is 0 Å². The molecule has 0 saturated carbocycles. The van der Waals surface area contributed by atoms with Gasteiger partial charge in [0.05, 0.1) is 9.71 Å². The van der Waals surface area contributed by atoms with E-state index in [1.165, 1.54) is 11.6 Å². The van der Waals surface area contributed by atoms with Crippen LogP contribution in [0.5, 0.6) is 0 Å². The predicted molar refractivity (Wildman–Crippen MR) is 58.4 cm³/mol. The minimum absolute atomic E-state index is 0.214. The van der Waals surface area contributed by atoms with Gasteiger partial charge in [-0.25, -0.2) is 9.37 Å². The van der Waals surface area contributed by atoms with Crippen molar-refractivity contribution in [2.75, 3.05) is 0 Å². The zero-order chi connectivity index (χ0) is 10.3. The van der Waals surface area contributed by atoms with Crippen molar-refractivity contribution >= 4 is 21.6 Å². The highest BCUT2D eigenvalue weighted by molar-refractivity contribution is 7.18. The van der Waals surface area contributed by atoms with Gasteiger partial charge in [0, 0.05) is 0 Å². The van der Waals surface area contributed by atoms with Crippen molar-refractivity contribution in [2.24, 2.45) is 0 Å². The van der Waals surface area contributed by atoms with Gasteiger partial charge in [0.25, 0.3) is 0 Å². The van der Waals surface area contributed by atoms with Crippen molar-refractivity contribution in [2.45, 2.75) is 26.7 Å². The topological polar surface area (TPSA) is 12.9 Å². The lowest BCUT2D eigenvalue weighted by atomic mass is 10.0. The zero-order valence-electron chi connectivity index (χ0n) is 8.47. The van der Waals surface area contributed by atoms with Crippen LogP contribution in [0.4, 0.5) is 4.39 Å². The molecule has 0 aliphatic heterocycles. The summed E-state index contributed by atoms with van der Waals surface area (Å²) < 4.78 is 14.4. The van der Waals surface area contributed by atoms with Crippen molar-refractivity contribution < 1.29 is 4.39 Å². The summed E-state index contributed by atoms with van der Waals surface area (Å²) in [5.41, 5.74) is 1.71. The summed E-state index contributed by atoms with van der Waals surface area (Å²) in [6.07, 6.45) is 0. The van der Waals surface area contributed by atoms with Crippen molar-refractivity contribution in [3.63, 3.8) is 0 Å². The van der Waals surface area contributed by atoms with Crippen LogP contribution in [0.25, 0.3) is 10.2 Å². The summed E-state index contributed by atoms with van der Waals surface area (Å²) in [5.74, 6) is 0.201. The first-order valence-corrected chi connectivity index (χ1v) is 5.46. The average molecular weight is 209 g/mol. The smallest absolute Gasteiger partial charge is 0.150 e. The molecule has 1 aromatic heterocycles. The first-order chi connectivity index (χ1) is 6.59. The van der Waals surface area contributed by atoms with Crippen LogP contribution in [0.1, 0.15) is 30.3 Å². The van der Waals surface area contributed by atoms with Crippen molar-refractivity contribution in [3.8, 4) is 0 Å². The molecular weight excluding hydrogens is 197 g/mol. The minimum atomic E-state index is -0.214. The summed E-state index contributed by atoms with van der Waals surface area (Å²) in [5, 5.41) is 0.923. The summed E-state index contributed by atoms with van der Waals surface area (Å²) in [7, 11) is 0. The Morgan fingerprint density at radius 2 is 2.07 bits per heavy atom. The van der Waals surface area contributed by atoms with E-state index in [2.05, 4.69) is 18.8 Å². The van der Waals surface area contributed by atoms with E-state index in [0.717, 1.165) is 9.71 Å². The van der Waals surface area contributed by atoms with Crippen molar-refractivity contribution in [3.05, 3.63) is 28.5 Å². The third-order valence-electron chi connectivity index (χ3n) is 2.25. The number of hydrogen-bond donors (Lipinski definition) is 0. The Balaban J connectivity index is 2.81. The molecule has 0 saturated heterocycles. The summed E-state index contributed by atoms with van der Waals surface area (Å²) in [6, 6.07) is 3.37. The van der Waals surface area contributed by atoms with Gasteiger partial charge in [0.1, 0.15) is 11.3 Å². The third-order valence-corrected chi connectivity index (χ3v) is 3.27. The van der Waals surface area contributed by atoms with Crippen molar-refractivity contribution in [1.29, 1.82) is 0 Å². The number of aryl methyl sites for hydroxylation is 1. The molecule has 0 N–H and O–H groups in total. The fourth-order valence-corrected chi connectivity index (χ4v) is 2.65. The van der Waals surface area contributed by atoms with Crippen molar-refractivity contribution in [1.82, 2.24) is 4.98 Å². The van der Waals surface area contributed by atoms with E-state index < -0.39 is 0 Å². The molecule has 0 radical (unpaired) electrons. The highest BCUT2D eigenvalue weighted by Gasteiger charge is 2.12. The van der Waals surface area contributed by atoms with E-state index in [9.17, 15) is 4.39 Å². The Morgan fingerprint density at radius 3 is 2.71 bits per heavy atom. The Morgan fingerprint density at radius 1 is 1.36 bits per heavy atom. The van der Waals surface area contributed by atoms with E-state index in [4.69, 9.17) is 0 Å². The zero-order valence-corrected chi connectivity index (χ0v) is 9.28. The highest BCUT2D eigenvalue weighted by Crippen LogP contribution is 2.31. The molecule has 1 aromatic carbocycles. The van der Waals surface area contributed by atoms with Crippen LogP contribution in [0.3, 0.4) is 0 Å². The van der Waals surface area contributed by atoms with Gasteiger partial charge in [-0.15, -0.1) is 11.3 Å². The second kappa shape index (κ2) is 3.31. The number of fused-ring (bicyclic) bond motifs is 1. The van der Waals surface area contributed by atoms with Gasteiger partial charge in [-0.1, -0.05) is 19.9 Å². The maximum Gasteiger partial charge on any atom is 0.150 e. The molecule has 0 amide bonds. The number of nitrogens with zero attached hydrogens (tertiary/aromatic N) is 1. The largest absolute Gasteiger partial charge is 0.238 e. The lowest BCUT2D eigenvalue weighted by Gasteiger charge is -2.05. The second-order valence-electron chi connectivity index (χ2n) is 3.70. The SMILES string of the molecule is Cc1nc2c(F)ccc(C(C)C)c2s1. The molecular formula is C11H12FNS. The molecule has 74 valence electrons. The second-order valence-corrected chi connectivity index (χ2v) is 4.91. The number of thiazole rings is 1. The lowest BCUT2D eigenvalue weighted by Crippen LogP contribution is -1.89. The lowest BCUT2D eigenvalue weighted by molar-refractivity contribution is 0.636. The Labute approximate surface area is 86.6 Å². The third kappa shape index (κ3) is 1.42. The summed E-state index contributed by atoms with van der Waals surface area (Å²) in [6.45, 7) is 6.14. The molecule has 1 heterocycles. The maximum atomic E-state index is 13.4. The van der Waals surface area contributed by atoms with Gasteiger partial charge in [0.15, 0.2) is 0 Å². The first-order valence-electron chi connectivity index (χ1n) is 4.65. The predicted octanol–water partition coefficient (Wildman–Crippen LogP) is 3.87. The van der Waals surface area contributed by atoms with Gasteiger partial charge in [0.2, 0.25) is 0 Å². The summed E-state index contributed by atoms with van der Waals surface area (Å²) in [4.78, 5) is 4.20. The molecule has 0 aliphatic rings. The van der Waals surface area contributed by atoms with Gasteiger partial charge in [-0.3, -0.25) is 0 Å². The Kier molecular flexibility index (Phi) is 2.27. The van der Waals surface area contributed by atoms with Gasteiger partial charge >= 0.3 is 0 Å². The number of halogens is 1. The molecule has 2 rings (SSSR count). The molecule has 0 atom stereocenters. The molecule has 14 heavy (non-hydrogen) atoms. The van der Waals surface area contributed by atoms with Crippen LogP contribution < -0.4 is 0 Å². The Bertz CT molecular complexity index is 473. The molecule has 0 bridgehead atoms. The monoisotopic (exact) mass is 209 g/mol. The number of hydrogen-bond acceptors (Lipinski definition) is 2. The number of aromatic nitrogens is 1. The standard InChI is InChI=1S/C11H12FNS/c1-6(2)8-4-5-9(12)10-11(8)14-7(3)13-10/h4-6H,1-3H3. The Hall–Kier alpha value is -0.960. The van der Waals surface area contributed by atoms with Crippen LogP contribution in [0, 0.1) is 12.7 Å². The molecule has 0 unspecified atom stereocenters. The molecule has 0 fully saturated rings. The van der Waals surface area contributed by atoms with E-state index in [0.29, 0.717) is 11.4 Å². The van der Waals surface area contributed by atoms with Crippen LogP contribution in [0.15, 0.2) is 12.1 Å². The molecule has 2 aromatic rings. The van der Waals surface area contributed by atoms with E-state index in [1.54, 1.807) is 11.3 Å². The maximum absolute atomic E-state index is 13.4. The normalized spacial score (nSPS) is 11.5. The van der Waals surface area contributed by atoms with Crippen LogP contribution in [-0.4, -0.2) is 4.98 Å². The average Bonchev–Trinajstić information content (AvgIpc) is 2.47. The fourth-order valence-electron chi connectivity index (χ4n) is 1.56. The first kappa shape index (κ1) is 9.59. The molecule has 1 nitrogen and oxygen atoms in total. The number of benzene rings is 1. The van der Waals surface area contributed by atoms with Crippen LogP contribution >= 0.6 is 11.3 Å². The fraction of sp³-hybridized carbons (Fsp3) is 0.364.